The first-order valence-electron chi connectivity index (χ1n) is 7.94. The van der Waals surface area contributed by atoms with Gasteiger partial charge < -0.3 is 15.4 Å². The Morgan fingerprint density at radius 1 is 1.00 bits per heavy atom. The summed E-state index contributed by atoms with van der Waals surface area (Å²) in [6.45, 7) is 2.37. The van der Waals surface area contributed by atoms with Crippen molar-refractivity contribution in [2.45, 2.75) is 26.0 Å². The van der Waals surface area contributed by atoms with Gasteiger partial charge in [-0.2, -0.15) is 0 Å². The standard InChI is InChI=1S/C19H22N2O3/c1-15(17-10-6-3-7-11-17)21-18(22)12-13-20-19(23)24-14-16-8-4-2-5-9-16/h2-11,15H,12-14H2,1H3,(H,20,23)(H,21,22). The van der Waals surface area contributed by atoms with Crippen LogP contribution in [0.25, 0.3) is 0 Å². The fraction of sp³-hybridized carbons (Fsp3) is 0.263. The van der Waals surface area contributed by atoms with E-state index in [1.807, 2.05) is 67.6 Å². The zero-order valence-electron chi connectivity index (χ0n) is 13.7. The molecular weight excluding hydrogens is 304 g/mol. The molecule has 0 fully saturated rings. The number of rotatable bonds is 7. The third kappa shape index (κ3) is 6.12. The highest BCUT2D eigenvalue weighted by Crippen LogP contribution is 2.10. The van der Waals surface area contributed by atoms with E-state index in [9.17, 15) is 9.59 Å². The van der Waals surface area contributed by atoms with E-state index in [4.69, 9.17) is 4.74 Å². The number of nitrogens with one attached hydrogen (secondary N) is 2. The molecule has 0 spiro atoms. The van der Waals surface area contributed by atoms with Gasteiger partial charge in [-0.05, 0) is 18.1 Å². The zero-order chi connectivity index (χ0) is 17.2. The monoisotopic (exact) mass is 326 g/mol. The number of carbonyl (C=O) groups excluding carboxylic acids is 2. The van der Waals surface area contributed by atoms with Crippen molar-refractivity contribution in [2.24, 2.45) is 0 Å². The minimum absolute atomic E-state index is 0.0660. The number of hydrogen-bond donors (Lipinski definition) is 2. The van der Waals surface area contributed by atoms with Crippen LogP contribution in [0.1, 0.15) is 30.5 Å². The van der Waals surface area contributed by atoms with Gasteiger partial charge in [-0.15, -0.1) is 0 Å². The molecule has 0 aliphatic rings. The van der Waals surface area contributed by atoms with Crippen molar-refractivity contribution in [3.63, 3.8) is 0 Å². The van der Waals surface area contributed by atoms with Crippen LogP contribution in [-0.4, -0.2) is 18.5 Å². The third-order valence-corrected chi connectivity index (χ3v) is 3.51. The van der Waals surface area contributed by atoms with Crippen molar-refractivity contribution in [3.05, 3.63) is 71.8 Å². The molecule has 0 saturated carbocycles. The highest BCUT2D eigenvalue weighted by molar-refractivity contribution is 5.77. The summed E-state index contributed by atoms with van der Waals surface area (Å²) in [4.78, 5) is 23.5. The summed E-state index contributed by atoms with van der Waals surface area (Å²) in [6, 6.07) is 19.1. The van der Waals surface area contributed by atoms with Crippen LogP contribution in [0, 0.1) is 0 Å². The van der Waals surface area contributed by atoms with Crippen molar-refractivity contribution in [1.82, 2.24) is 10.6 Å². The van der Waals surface area contributed by atoms with Gasteiger partial charge in [0.15, 0.2) is 0 Å². The van der Waals surface area contributed by atoms with Crippen LogP contribution in [-0.2, 0) is 16.1 Å². The Labute approximate surface area is 142 Å². The maximum absolute atomic E-state index is 11.9. The fourth-order valence-corrected chi connectivity index (χ4v) is 2.19. The lowest BCUT2D eigenvalue weighted by Gasteiger charge is -2.14. The van der Waals surface area contributed by atoms with E-state index < -0.39 is 6.09 Å². The lowest BCUT2D eigenvalue weighted by atomic mass is 10.1. The van der Waals surface area contributed by atoms with Gasteiger partial charge in [0.2, 0.25) is 5.91 Å². The van der Waals surface area contributed by atoms with Crippen LogP contribution >= 0.6 is 0 Å². The van der Waals surface area contributed by atoms with Crippen molar-refractivity contribution >= 4 is 12.0 Å². The highest BCUT2D eigenvalue weighted by atomic mass is 16.5. The molecule has 2 aromatic rings. The molecule has 2 rings (SSSR count). The van der Waals surface area contributed by atoms with E-state index in [1.54, 1.807) is 0 Å². The molecule has 24 heavy (non-hydrogen) atoms. The van der Waals surface area contributed by atoms with Crippen molar-refractivity contribution in [3.8, 4) is 0 Å². The van der Waals surface area contributed by atoms with E-state index in [2.05, 4.69) is 10.6 Å². The van der Waals surface area contributed by atoms with E-state index in [1.165, 1.54) is 0 Å². The molecular formula is C19H22N2O3. The molecule has 0 aliphatic heterocycles. The summed E-state index contributed by atoms with van der Waals surface area (Å²) in [5, 5.41) is 5.47. The maximum atomic E-state index is 11.9. The average Bonchev–Trinajstić information content (AvgIpc) is 2.61. The molecule has 0 aromatic heterocycles. The molecule has 2 aromatic carbocycles. The number of hydrogen-bond acceptors (Lipinski definition) is 3. The molecule has 0 heterocycles. The minimum Gasteiger partial charge on any atom is -0.445 e. The Balaban J connectivity index is 1.62. The first kappa shape index (κ1) is 17.5. The summed E-state index contributed by atoms with van der Waals surface area (Å²) in [7, 11) is 0. The van der Waals surface area contributed by atoms with Crippen molar-refractivity contribution in [1.29, 1.82) is 0 Å². The number of amides is 2. The van der Waals surface area contributed by atoms with Crippen LogP contribution in [0.2, 0.25) is 0 Å². The van der Waals surface area contributed by atoms with Gasteiger partial charge in [0.1, 0.15) is 6.61 Å². The van der Waals surface area contributed by atoms with Gasteiger partial charge in [0, 0.05) is 13.0 Å². The average molecular weight is 326 g/mol. The second-order valence-corrected chi connectivity index (χ2v) is 5.44. The molecule has 0 saturated heterocycles. The van der Waals surface area contributed by atoms with Crippen LogP contribution in [0.4, 0.5) is 4.79 Å². The van der Waals surface area contributed by atoms with Crippen LogP contribution in [0.3, 0.4) is 0 Å². The van der Waals surface area contributed by atoms with E-state index in [0.717, 1.165) is 11.1 Å². The number of ether oxygens (including phenoxy) is 1. The van der Waals surface area contributed by atoms with Gasteiger partial charge in [0.25, 0.3) is 0 Å². The number of carbonyl (C=O) groups is 2. The Kier molecular flexibility index (Phi) is 6.83. The Bertz CT molecular complexity index is 644. The lowest BCUT2D eigenvalue weighted by molar-refractivity contribution is -0.121. The molecule has 5 heteroatoms. The molecule has 1 unspecified atom stereocenters. The fourth-order valence-electron chi connectivity index (χ4n) is 2.19. The molecule has 0 radical (unpaired) electrons. The molecule has 1 atom stereocenters. The smallest absolute Gasteiger partial charge is 0.407 e. The second kappa shape index (κ2) is 9.35. The number of alkyl carbamates (subject to hydrolysis) is 1. The van der Waals surface area contributed by atoms with E-state index in [-0.39, 0.29) is 31.5 Å². The molecule has 126 valence electrons. The summed E-state index contributed by atoms with van der Waals surface area (Å²) in [5.74, 6) is -0.116. The summed E-state index contributed by atoms with van der Waals surface area (Å²) in [6.07, 6.45) is -0.319. The van der Waals surface area contributed by atoms with Crippen molar-refractivity contribution < 1.29 is 14.3 Å². The Morgan fingerprint density at radius 3 is 2.29 bits per heavy atom. The predicted octanol–water partition coefficient (Wildman–Crippen LogP) is 3.18. The predicted molar refractivity (Wildman–Crippen MR) is 92.2 cm³/mol. The summed E-state index contributed by atoms with van der Waals surface area (Å²) < 4.78 is 5.08. The van der Waals surface area contributed by atoms with Gasteiger partial charge in [0.05, 0.1) is 6.04 Å². The normalized spacial score (nSPS) is 11.4. The van der Waals surface area contributed by atoms with Gasteiger partial charge >= 0.3 is 6.09 Å². The van der Waals surface area contributed by atoms with Gasteiger partial charge in [-0.25, -0.2) is 4.79 Å². The van der Waals surface area contributed by atoms with Crippen molar-refractivity contribution in [2.75, 3.05) is 6.54 Å². The second-order valence-electron chi connectivity index (χ2n) is 5.44. The minimum atomic E-state index is -0.525. The zero-order valence-corrected chi connectivity index (χ0v) is 13.7. The first-order valence-corrected chi connectivity index (χ1v) is 7.94. The highest BCUT2D eigenvalue weighted by Gasteiger charge is 2.09. The first-order chi connectivity index (χ1) is 11.6. The molecule has 0 aliphatic carbocycles. The summed E-state index contributed by atoms with van der Waals surface area (Å²) >= 11 is 0. The van der Waals surface area contributed by atoms with E-state index >= 15 is 0 Å². The molecule has 2 N–H and O–H groups in total. The lowest BCUT2D eigenvalue weighted by Crippen LogP contribution is -2.32. The van der Waals surface area contributed by atoms with Crippen LogP contribution in [0.15, 0.2) is 60.7 Å². The SMILES string of the molecule is CC(NC(=O)CCNC(=O)OCc1ccccc1)c1ccccc1. The largest absolute Gasteiger partial charge is 0.445 e. The Hall–Kier alpha value is -2.82. The van der Waals surface area contributed by atoms with Crippen LogP contribution < -0.4 is 10.6 Å². The van der Waals surface area contributed by atoms with E-state index in [0.29, 0.717) is 0 Å². The quantitative estimate of drug-likeness (QED) is 0.821. The molecule has 0 bridgehead atoms. The summed E-state index contributed by atoms with van der Waals surface area (Å²) in [5.41, 5.74) is 1.96. The van der Waals surface area contributed by atoms with Gasteiger partial charge in [-0.1, -0.05) is 60.7 Å². The maximum Gasteiger partial charge on any atom is 0.407 e. The number of benzene rings is 2. The molecule has 2 amide bonds. The third-order valence-electron chi connectivity index (χ3n) is 3.51. The van der Waals surface area contributed by atoms with Crippen LogP contribution in [0.5, 0.6) is 0 Å². The Morgan fingerprint density at radius 2 is 1.62 bits per heavy atom. The molecule has 5 nitrogen and oxygen atoms in total. The topological polar surface area (TPSA) is 67.4 Å². The van der Waals surface area contributed by atoms with Gasteiger partial charge in [-0.3, -0.25) is 4.79 Å².